The van der Waals surface area contributed by atoms with Crippen molar-refractivity contribution >= 4 is 11.8 Å². The molecule has 2 aliphatic rings. The van der Waals surface area contributed by atoms with Gasteiger partial charge in [0.25, 0.3) is 17.7 Å². The highest BCUT2D eigenvalue weighted by molar-refractivity contribution is 5.97. The van der Waals surface area contributed by atoms with E-state index < -0.39 is 30.8 Å². The number of hydrogen-bond acceptors (Lipinski definition) is 6. The number of rotatable bonds is 6. The molecule has 2 aromatic rings. The summed E-state index contributed by atoms with van der Waals surface area (Å²) in [5, 5.41) is 7.85. The Labute approximate surface area is 183 Å². The Morgan fingerprint density at radius 1 is 1.16 bits per heavy atom. The van der Waals surface area contributed by atoms with Crippen LogP contribution < -0.4 is 9.47 Å². The first-order valence-electron chi connectivity index (χ1n) is 10.4. The maximum Gasteiger partial charge on any atom is 0.276 e. The number of hydrogen-bond donors (Lipinski definition) is 0. The van der Waals surface area contributed by atoms with E-state index in [-0.39, 0.29) is 29.5 Å². The molecule has 0 radical (unpaired) electrons. The monoisotopic (exact) mass is 449 g/mol. The van der Waals surface area contributed by atoms with E-state index in [1.807, 2.05) is 0 Å². The number of likely N-dealkylation sites (tertiary alicyclic amines) is 2. The summed E-state index contributed by atoms with van der Waals surface area (Å²) in [5.41, 5.74) is 0.339. The van der Waals surface area contributed by atoms with E-state index in [1.165, 1.54) is 37.2 Å². The Hall–Kier alpha value is -3.24. The van der Waals surface area contributed by atoms with Crippen LogP contribution in [0.3, 0.4) is 0 Å². The van der Waals surface area contributed by atoms with E-state index >= 15 is 0 Å². The van der Waals surface area contributed by atoms with Crippen molar-refractivity contribution in [2.24, 2.45) is 0 Å². The number of ether oxygens (including phenoxy) is 2. The zero-order valence-corrected chi connectivity index (χ0v) is 18.0. The summed E-state index contributed by atoms with van der Waals surface area (Å²) in [7, 11) is 2.88. The van der Waals surface area contributed by atoms with Gasteiger partial charge in [-0.25, -0.2) is 13.5 Å². The predicted molar refractivity (Wildman–Crippen MR) is 109 cm³/mol. The quantitative estimate of drug-likeness (QED) is 0.671. The van der Waals surface area contributed by atoms with Gasteiger partial charge in [0.2, 0.25) is 0 Å². The standard InChI is InChI=1S/C21H25F2N5O4/c1-31-15-5-6-16(18(9-15)32-2)19(29)28-13-21(22,23)10-14(28)11-27-12-17(24-25-27)20(30)26-7-3-4-8-26/h5-6,9,12,14H,3-4,7-8,10-11,13H2,1-2H3/t14-/m0/s1. The molecule has 0 N–H and O–H groups in total. The molecule has 0 spiro atoms. The second kappa shape index (κ2) is 8.71. The lowest BCUT2D eigenvalue weighted by Gasteiger charge is -2.24. The van der Waals surface area contributed by atoms with Gasteiger partial charge in [-0.3, -0.25) is 9.59 Å². The molecule has 172 valence electrons. The zero-order valence-electron chi connectivity index (χ0n) is 18.0. The van der Waals surface area contributed by atoms with Gasteiger partial charge >= 0.3 is 0 Å². The predicted octanol–water partition coefficient (Wildman–Crippen LogP) is 2.08. The molecule has 0 saturated carbocycles. The molecule has 0 bridgehead atoms. The number of benzene rings is 1. The molecule has 0 unspecified atom stereocenters. The largest absolute Gasteiger partial charge is 0.497 e. The van der Waals surface area contributed by atoms with E-state index in [9.17, 15) is 18.4 Å². The molecule has 1 aromatic heterocycles. The summed E-state index contributed by atoms with van der Waals surface area (Å²) in [6, 6.07) is 3.78. The molecule has 32 heavy (non-hydrogen) atoms. The summed E-state index contributed by atoms with van der Waals surface area (Å²) in [5.74, 6) is -3.10. The van der Waals surface area contributed by atoms with Crippen LogP contribution in [0.25, 0.3) is 0 Å². The van der Waals surface area contributed by atoms with E-state index in [1.54, 1.807) is 11.0 Å². The Kier molecular flexibility index (Phi) is 5.98. The smallest absolute Gasteiger partial charge is 0.276 e. The molecule has 4 rings (SSSR count). The first-order valence-corrected chi connectivity index (χ1v) is 10.4. The summed E-state index contributed by atoms with van der Waals surface area (Å²) >= 11 is 0. The van der Waals surface area contributed by atoms with Crippen LogP contribution in [-0.4, -0.2) is 82.4 Å². The van der Waals surface area contributed by atoms with Crippen molar-refractivity contribution in [3.8, 4) is 11.5 Å². The van der Waals surface area contributed by atoms with Crippen LogP contribution in [0, 0.1) is 0 Å². The van der Waals surface area contributed by atoms with Crippen molar-refractivity contribution in [3.05, 3.63) is 35.7 Å². The van der Waals surface area contributed by atoms with Gasteiger partial charge in [0, 0.05) is 25.6 Å². The van der Waals surface area contributed by atoms with Crippen molar-refractivity contribution < 1.29 is 27.8 Å². The van der Waals surface area contributed by atoms with Crippen molar-refractivity contribution in [1.29, 1.82) is 0 Å². The average molecular weight is 449 g/mol. The van der Waals surface area contributed by atoms with Gasteiger partial charge < -0.3 is 19.3 Å². The molecule has 2 fully saturated rings. The lowest BCUT2D eigenvalue weighted by molar-refractivity contribution is 0.0117. The van der Waals surface area contributed by atoms with Crippen LogP contribution in [0.4, 0.5) is 8.78 Å². The first-order chi connectivity index (χ1) is 15.3. The third kappa shape index (κ3) is 4.37. The number of amides is 2. The van der Waals surface area contributed by atoms with Crippen LogP contribution >= 0.6 is 0 Å². The second-order valence-electron chi connectivity index (χ2n) is 8.04. The highest BCUT2D eigenvalue weighted by Gasteiger charge is 2.47. The molecular formula is C21H25F2N5O4. The minimum absolute atomic E-state index is 0.0000795. The first kappa shape index (κ1) is 22.0. The summed E-state index contributed by atoms with van der Waals surface area (Å²) < 4.78 is 40.4. The van der Waals surface area contributed by atoms with Crippen LogP contribution in [0.5, 0.6) is 11.5 Å². The Balaban J connectivity index is 1.53. The maximum atomic E-state index is 14.3. The SMILES string of the molecule is COc1ccc(C(=O)N2CC(F)(F)C[C@H]2Cn2cc(C(=O)N3CCCC3)nn2)c(OC)c1. The van der Waals surface area contributed by atoms with E-state index in [4.69, 9.17) is 9.47 Å². The topological polar surface area (TPSA) is 89.8 Å². The van der Waals surface area contributed by atoms with Gasteiger partial charge in [0.15, 0.2) is 5.69 Å². The van der Waals surface area contributed by atoms with Gasteiger partial charge in [0.1, 0.15) is 11.5 Å². The van der Waals surface area contributed by atoms with Crippen molar-refractivity contribution in [2.45, 2.75) is 37.8 Å². The number of aromatic nitrogens is 3. The van der Waals surface area contributed by atoms with E-state index in [0.717, 1.165) is 17.7 Å². The maximum absolute atomic E-state index is 14.3. The Morgan fingerprint density at radius 2 is 1.91 bits per heavy atom. The number of halogens is 2. The molecule has 1 aromatic carbocycles. The molecule has 3 heterocycles. The van der Waals surface area contributed by atoms with Crippen LogP contribution in [0.15, 0.2) is 24.4 Å². The number of alkyl halides is 2. The fourth-order valence-corrected chi connectivity index (χ4v) is 4.21. The van der Waals surface area contributed by atoms with Gasteiger partial charge in [0.05, 0.1) is 45.1 Å². The minimum atomic E-state index is -3.03. The molecule has 2 aliphatic heterocycles. The average Bonchev–Trinajstić information content (AvgIpc) is 3.53. The lowest BCUT2D eigenvalue weighted by atomic mass is 10.1. The van der Waals surface area contributed by atoms with Gasteiger partial charge in [-0.05, 0) is 25.0 Å². The van der Waals surface area contributed by atoms with Crippen molar-refractivity contribution in [2.75, 3.05) is 33.9 Å². The van der Waals surface area contributed by atoms with Crippen LogP contribution in [0.2, 0.25) is 0 Å². The highest BCUT2D eigenvalue weighted by Crippen LogP contribution is 2.35. The normalized spacial score (nSPS) is 19.9. The summed E-state index contributed by atoms with van der Waals surface area (Å²) in [6.45, 7) is 0.638. The van der Waals surface area contributed by atoms with Gasteiger partial charge in [-0.1, -0.05) is 5.21 Å². The molecule has 1 atom stereocenters. The molecular weight excluding hydrogens is 424 g/mol. The Morgan fingerprint density at radius 3 is 2.59 bits per heavy atom. The number of carbonyl (C=O) groups excluding carboxylic acids is 2. The second-order valence-corrected chi connectivity index (χ2v) is 8.04. The fourth-order valence-electron chi connectivity index (χ4n) is 4.21. The molecule has 11 heteroatoms. The number of carbonyl (C=O) groups is 2. The van der Waals surface area contributed by atoms with Crippen molar-refractivity contribution in [1.82, 2.24) is 24.8 Å². The fraction of sp³-hybridized carbons (Fsp3) is 0.524. The minimum Gasteiger partial charge on any atom is -0.497 e. The molecule has 2 amide bonds. The van der Waals surface area contributed by atoms with E-state index in [0.29, 0.717) is 18.8 Å². The molecule has 2 saturated heterocycles. The summed E-state index contributed by atoms with van der Waals surface area (Å²) in [4.78, 5) is 28.5. The zero-order chi connectivity index (χ0) is 22.9. The third-order valence-corrected chi connectivity index (χ3v) is 5.83. The molecule has 9 nitrogen and oxygen atoms in total. The van der Waals surface area contributed by atoms with E-state index in [2.05, 4.69) is 10.3 Å². The van der Waals surface area contributed by atoms with Gasteiger partial charge in [-0.2, -0.15) is 0 Å². The van der Waals surface area contributed by atoms with Crippen LogP contribution in [0.1, 0.15) is 40.1 Å². The third-order valence-electron chi connectivity index (χ3n) is 5.83. The lowest BCUT2D eigenvalue weighted by Crippen LogP contribution is -2.39. The van der Waals surface area contributed by atoms with Gasteiger partial charge in [-0.15, -0.1) is 5.10 Å². The number of methoxy groups -OCH3 is 2. The van der Waals surface area contributed by atoms with Crippen molar-refractivity contribution in [3.63, 3.8) is 0 Å². The number of nitrogens with zero attached hydrogens (tertiary/aromatic N) is 5. The molecule has 0 aliphatic carbocycles. The Bertz CT molecular complexity index is 1010. The highest BCUT2D eigenvalue weighted by atomic mass is 19.3. The summed E-state index contributed by atoms with van der Waals surface area (Å²) in [6.07, 6.45) is 2.84. The van der Waals surface area contributed by atoms with Crippen LogP contribution in [-0.2, 0) is 6.54 Å².